The summed E-state index contributed by atoms with van der Waals surface area (Å²) in [5.41, 5.74) is 6.34. The molecule has 0 spiro atoms. The highest BCUT2D eigenvalue weighted by molar-refractivity contribution is 5.94. The summed E-state index contributed by atoms with van der Waals surface area (Å²) in [4.78, 5) is 17.7. The Hall–Kier alpha value is -3.70. The average Bonchev–Trinajstić information content (AvgIpc) is 3.23. The average molecular weight is 451 g/mol. The van der Waals surface area contributed by atoms with Crippen LogP contribution in [0.15, 0.2) is 91.0 Å². The standard InChI is InChI=1S/C29H30N4O/c1-22-21-23(2)33(30-22)27-15-13-26(14-16-27)29(34)32-19-17-31(18-20-32)28(24-9-5-3-6-10-24)25-11-7-4-8-12-25/h3-16,21,28H,17-20H2,1-2H3. The molecule has 2 heterocycles. The molecule has 1 aliphatic rings. The first kappa shape index (κ1) is 22.1. The molecule has 172 valence electrons. The van der Waals surface area contributed by atoms with E-state index < -0.39 is 0 Å². The summed E-state index contributed by atoms with van der Waals surface area (Å²) >= 11 is 0. The first-order valence-electron chi connectivity index (χ1n) is 11.9. The number of piperazine rings is 1. The highest BCUT2D eigenvalue weighted by Gasteiger charge is 2.28. The largest absolute Gasteiger partial charge is 0.336 e. The number of nitrogens with zero attached hydrogens (tertiary/aromatic N) is 4. The van der Waals surface area contributed by atoms with Gasteiger partial charge in [0.25, 0.3) is 5.91 Å². The van der Waals surface area contributed by atoms with E-state index in [0.29, 0.717) is 13.1 Å². The summed E-state index contributed by atoms with van der Waals surface area (Å²) in [5, 5.41) is 4.54. The van der Waals surface area contributed by atoms with Crippen molar-refractivity contribution in [2.24, 2.45) is 0 Å². The van der Waals surface area contributed by atoms with E-state index in [1.807, 2.05) is 47.7 Å². The zero-order valence-electron chi connectivity index (χ0n) is 19.8. The second-order valence-corrected chi connectivity index (χ2v) is 8.94. The van der Waals surface area contributed by atoms with Crippen LogP contribution in [0, 0.1) is 13.8 Å². The third-order valence-corrected chi connectivity index (χ3v) is 6.57. The third kappa shape index (κ3) is 4.52. The first-order chi connectivity index (χ1) is 16.6. The maximum absolute atomic E-state index is 13.2. The van der Waals surface area contributed by atoms with Gasteiger partial charge in [-0.05, 0) is 55.3 Å². The quantitative estimate of drug-likeness (QED) is 0.428. The molecule has 1 fully saturated rings. The molecule has 0 atom stereocenters. The Balaban J connectivity index is 1.29. The lowest BCUT2D eigenvalue weighted by molar-refractivity contribution is 0.0597. The summed E-state index contributed by atoms with van der Waals surface area (Å²) in [7, 11) is 0. The molecule has 0 bridgehead atoms. The van der Waals surface area contributed by atoms with Gasteiger partial charge in [-0.25, -0.2) is 4.68 Å². The summed E-state index contributed by atoms with van der Waals surface area (Å²) in [5.74, 6) is 0.0931. The van der Waals surface area contributed by atoms with Crippen LogP contribution in [0.25, 0.3) is 5.69 Å². The van der Waals surface area contributed by atoms with E-state index in [0.717, 1.165) is 35.7 Å². The Morgan fingerprint density at radius 3 is 1.82 bits per heavy atom. The van der Waals surface area contributed by atoms with Gasteiger partial charge in [-0.3, -0.25) is 9.69 Å². The van der Waals surface area contributed by atoms with Crippen LogP contribution >= 0.6 is 0 Å². The highest BCUT2D eigenvalue weighted by atomic mass is 16.2. The van der Waals surface area contributed by atoms with Gasteiger partial charge in [-0.15, -0.1) is 0 Å². The Labute approximate surface area is 201 Å². The lowest BCUT2D eigenvalue weighted by Gasteiger charge is -2.39. The van der Waals surface area contributed by atoms with Crippen molar-refractivity contribution in [3.8, 4) is 5.69 Å². The number of aromatic nitrogens is 2. The minimum absolute atomic E-state index is 0.0931. The molecule has 1 amide bonds. The van der Waals surface area contributed by atoms with Crippen molar-refractivity contribution in [1.82, 2.24) is 19.6 Å². The molecule has 0 saturated carbocycles. The number of hydrogen-bond donors (Lipinski definition) is 0. The lowest BCUT2D eigenvalue weighted by Crippen LogP contribution is -2.49. The molecule has 5 rings (SSSR count). The monoisotopic (exact) mass is 450 g/mol. The molecule has 1 aromatic heterocycles. The van der Waals surface area contributed by atoms with E-state index in [1.165, 1.54) is 11.1 Å². The van der Waals surface area contributed by atoms with Gasteiger partial charge < -0.3 is 4.90 Å². The number of aryl methyl sites for hydroxylation is 2. The van der Waals surface area contributed by atoms with Crippen LogP contribution in [0.1, 0.15) is 38.9 Å². The van der Waals surface area contributed by atoms with Crippen molar-refractivity contribution in [2.75, 3.05) is 26.2 Å². The van der Waals surface area contributed by atoms with Crippen molar-refractivity contribution in [2.45, 2.75) is 19.9 Å². The Kier molecular flexibility index (Phi) is 6.28. The zero-order valence-corrected chi connectivity index (χ0v) is 19.8. The normalized spacial score (nSPS) is 14.5. The zero-order chi connectivity index (χ0) is 23.5. The van der Waals surface area contributed by atoms with E-state index in [4.69, 9.17) is 0 Å². The SMILES string of the molecule is Cc1cc(C)n(-c2ccc(C(=O)N3CCN(C(c4ccccc4)c4ccccc4)CC3)cc2)n1. The molecule has 34 heavy (non-hydrogen) atoms. The van der Waals surface area contributed by atoms with Gasteiger partial charge in [0.2, 0.25) is 0 Å². The van der Waals surface area contributed by atoms with Crippen LogP contribution in [0.4, 0.5) is 0 Å². The van der Waals surface area contributed by atoms with Crippen molar-refractivity contribution in [1.29, 1.82) is 0 Å². The van der Waals surface area contributed by atoms with Gasteiger partial charge in [-0.2, -0.15) is 5.10 Å². The predicted molar refractivity (Wildman–Crippen MR) is 135 cm³/mol. The van der Waals surface area contributed by atoms with Gasteiger partial charge in [0.15, 0.2) is 0 Å². The maximum atomic E-state index is 13.2. The Morgan fingerprint density at radius 2 is 1.32 bits per heavy atom. The van der Waals surface area contributed by atoms with Gasteiger partial charge in [-0.1, -0.05) is 60.7 Å². The fraction of sp³-hybridized carbons (Fsp3) is 0.241. The number of amides is 1. The summed E-state index contributed by atoms with van der Waals surface area (Å²) in [6, 6.07) is 31.3. The van der Waals surface area contributed by atoms with Crippen molar-refractivity contribution in [3.05, 3.63) is 119 Å². The van der Waals surface area contributed by atoms with Crippen LogP contribution in [0.5, 0.6) is 0 Å². The summed E-state index contributed by atoms with van der Waals surface area (Å²) in [6.45, 7) is 7.13. The highest BCUT2D eigenvalue weighted by Crippen LogP contribution is 2.29. The van der Waals surface area contributed by atoms with Gasteiger partial charge >= 0.3 is 0 Å². The van der Waals surface area contributed by atoms with Gasteiger partial charge in [0.1, 0.15) is 0 Å². The third-order valence-electron chi connectivity index (χ3n) is 6.57. The molecule has 0 radical (unpaired) electrons. The predicted octanol–water partition coefficient (Wildman–Crippen LogP) is 5.04. The number of carbonyl (C=O) groups excluding carboxylic acids is 1. The molecular weight excluding hydrogens is 420 g/mol. The Bertz CT molecular complexity index is 1200. The van der Waals surface area contributed by atoms with E-state index in [2.05, 4.69) is 76.7 Å². The molecular formula is C29H30N4O. The smallest absolute Gasteiger partial charge is 0.253 e. The van der Waals surface area contributed by atoms with Crippen LogP contribution < -0.4 is 0 Å². The van der Waals surface area contributed by atoms with Gasteiger partial charge in [0.05, 0.1) is 17.4 Å². The maximum Gasteiger partial charge on any atom is 0.253 e. The first-order valence-corrected chi connectivity index (χ1v) is 11.9. The molecule has 0 N–H and O–H groups in total. The summed E-state index contributed by atoms with van der Waals surface area (Å²) in [6.07, 6.45) is 0. The fourth-order valence-corrected chi connectivity index (χ4v) is 4.89. The second-order valence-electron chi connectivity index (χ2n) is 8.94. The molecule has 1 aliphatic heterocycles. The van der Waals surface area contributed by atoms with E-state index in [9.17, 15) is 4.79 Å². The lowest BCUT2D eigenvalue weighted by atomic mass is 9.96. The summed E-state index contributed by atoms with van der Waals surface area (Å²) < 4.78 is 1.91. The van der Waals surface area contributed by atoms with Crippen molar-refractivity contribution < 1.29 is 4.79 Å². The molecule has 0 aliphatic carbocycles. The van der Waals surface area contributed by atoms with E-state index >= 15 is 0 Å². The Morgan fingerprint density at radius 1 is 0.765 bits per heavy atom. The molecule has 1 saturated heterocycles. The number of rotatable bonds is 5. The molecule has 5 heteroatoms. The topological polar surface area (TPSA) is 41.4 Å². The van der Waals surface area contributed by atoms with Crippen molar-refractivity contribution >= 4 is 5.91 Å². The number of carbonyl (C=O) groups is 1. The van der Waals surface area contributed by atoms with Gasteiger partial charge in [0, 0.05) is 37.4 Å². The van der Waals surface area contributed by atoms with Crippen LogP contribution in [-0.2, 0) is 0 Å². The van der Waals surface area contributed by atoms with Crippen LogP contribution in [0.2, 0.25) is 0 Å². The number of hydrogen-bond acceptors (Lipinski definition) is 3. The van der Waals surface area contributed by atoms with E-state index in [-0.39, 0.29) is 11.9 Å². The second kappa shape index (κ2) is 9.65. The number of benzene rings is 3. The molecule has 4 aromatic rings. The van der Waals surface area contributed by atoms with Crippen LogP contribution in [-0.4, -0.2) is 51.7 Å². The van der Waals surface area contributed by atoms with Crippen molar-refractivity contribution in [3.63, 3.8) is 0 Å². The fourth-order valence-electron chi connectivity index (χ4n) is 4.89. The van der Waals surface area contributed by atoms with Crippen LogP contribution in [0.3, 0.4) is 0 Å². The molecule has 0 unspecified atom stereocenters. The van der Waals surface area contributed by atoms with E-state index in [1.54, 1.807) is 0 Å². The molecule has 5 nitrogen and oxygen atoms in total. The molecule has 3 aromatic carbocycles. The minimum atomic E-state index is 0.0931. The minimum Gasteiger partial charge on any atom is -0.336 e.